The van der Waals surface area contributed by atoms with Gasteiger partial charge in [0.05, 0.1) is 24.5 Å². The molecular weight excluding hydrogens is 228 g/mol. The summed E-state index contributed by atoms with van der Waals surface area (Å²) < 4.78 is 28.1. The second kappa shape index (κ2) is 6.89. The monoisotopic (exact) mass is 250 g/mol. The first kappa shape index (κ1) is 15.4. The summed E-state index contributed by atoms with van der Waals surface area (Å²) in [6.07, 6.45) is 1.70. The van der Waals surface area contributed by atoms with Crippen molar-refractivity contribution in [3.63, 3.8) is 0 Å². The molecular formula is C11H22O4S. The van der Waals surface area contributed by atoms with Crippen molar-refractivity contribution in [3.8, 4) is 0 Å². The van der Waals surface area contributed by atoms with Crippen LogP contribution in [0.5, 0.6) is 0 Å². The third-order valence-corrected chi connectivity index (χ3v) is 4.74. The molecule has 4 nitrogen and oxygen atoms in total. The highest BCUT2D eigenvalue weighted by atomic mass is 32.2. The quantitative estimate of drug-likeness (QED) is 0.645. The van der Waals surface area contributed by atoms with Crippen molar-refractivity contribution in [2.75, 3.05) is 18.6 Å². The molecule has 0 saturated heterocycles. The fourth-order valence-corrected chi connectivity index (χ4v) is 3.83. The molecule has 0 saturated carbocycles. The molecule has 0 spiro atoms. The van der Waals surface area contributed by atoms with E-state index >= 15 is 0 Å². The van der Waals surface area contributed by atoms with Gasteiger partial charge >= 0.3 is 5.97 Å². The smallest absolute Gasteiger partial charge is 0.309 e. The van der Waals surface area contributed by atoms with Gasteiger partial charge in [-0.05, 0) is 5.92 Å². The molecule has 0 aromatic rings. The molecule has 0 rings (SSSR count). The predicted molar refractivity (Wildman–Crippen MR) is 63.9 cm³/mol. The van der Waals surface area contributed by atoms with Gasteiger partial charge in [0.15, 0.2) is 9.84 Å². The average Bonchev–Trinajstić information content (AvgIpc) is 2.23. The Morgan fingerprint density at radius 2 is 1.69 bits per heavy atom. The van der Waals surface area contributed by atoms with Crippen LogP contribution in [0.1, 0.15) is 33.6 Å². The SMILES string of the molecule is CCC(CC)CS(=O)(=O)CC(C)C(=O)OC. The Kier molecular flexibility index (Phi) is 6.64. The molecule has 0 fully saturated rings. The number of hydrogen-bond donors (Lipinski definition) is 0. The molecule has 1 unspecified atom stereocenters. The molecule has 0 aliphatic carbocycles. The summed E-state index contributed by atoms with van der Waals surface area (Å²) in [6, 6.07) is 0. The standard InChI is InChI=1S/C11H22O4S/c1-5-10(6-2)8-16(13,14)7-9(3)11(12)15-4/h9-10H,5-8H2,1-4H3. The van der Waals surface area contributed by atoms with E-state index in [1.54, 1.807) is 6.92 Å². The number of ether oxygens (including phenoxy) is 1. The fraction of sp³-hybridized carbons (Fsp3) is 0.909. The maximum Gasteiger partial charge on any atom is 0.309 e. The molecule has 0 aliphatic rings. The average molecular weight is 250 g/mol. The van der Waals surface area contributed by atoms with E-state index in [1.807, 2.05) is 13.8 Å². The van der Waals surface area contributed by atoms with E-state index in [0.29, 0.717) is 0 Å². The van der Waals surface area contributed by atoms with Crippen LogP contribution in [0.4, 0.5) is 0 Å². The number of rotatable bonds is 7. The number of esters is 1. The van der Waals surface area contributed by atoms with Gasteiger partial charge in [-0.3, -0.25) is 4.79 Å². The van der Waals surface area contributed by atoms with E-state index in [9.17, 15) is 13.2 Å². The highest BCUT2D eigenvalue weighted by Crippen LogP contribution is 2.13. The highest BCUT2D eigenvalue weighted by molar-refractivity contribution is 7.91. The van der Waals surface area contributed by atoms with E-state index in [0.717, 1.165) is 12.8 Å². The van der Waals surface area contributed by atoms with Gasteiger partial charge in [-0.1, -0.05) is 33.6 Å². The van der Waals surface area contributed by atoms with E-state index in [2.05, 4.69) is 4.74 Å². The predicted octanol–water partition coefficient (Wildman–Crippen LogP) is 1.65. The van der Waals surface area contributed by atoms with Crippen molar-refractivity contribution in [1.82, 2.24) is 0 Å². The summed E-state index contributed by atoms with van der Waals surface area (Å²) in [4.78, 5) is 11.1. The summed E-state index contributed by atoms with van der Waals surface area (Å²) in [7, 11) is -1.89. The lowest BCUT2D eigenvalue weighted by molar-refractivity contribution is -0.144. The first-order valence-corrected chi connectivity index (χ1v) is 7.46. The summed E-state index contributed by atoms with van der Waals surface area (Å²) in [5, 5.41) is 0. The van der Waals surface area contributed by atoms with Gasteiger partial charge in [-0.2, -0.15) is 0 Å². The summed E-state index contributed by atoms with van der Waals surface area (Å²) in [5.74, 6) is -0.801. The Balaban J connectivity index is 4.40. The molecule has 0 aromatic carbocycles. The molecule has 0 radical (unpaired) electrons. The minimum absolute atomic E-state index is 0.115. The van der Waals surface area contributed by atoms with Crippen LogP contribution >= 0.6 is 0 Å². The Morgan fingerprint density at radius 1 is 1.19 bits per heavy atom. The van der Waals surface area contributed by atoms with Crippen LogP contribution in [0, 0.1) is 11.8 Å². The van der Waals surface area contributed by atoms with Crippen molar-refractivity contribution in [2.45, 2.75) is 33.6 Å². The van der Waals surface area contributed by atoms with Gasteiger partial charge in [-0.25, -0.2) is 8.42 Å². The molecule has 0 bridgehead atoms. The van der Waals surface area contributed by atoms with Crippen molar-refractivity contribution in [3.05, 3.63) is 0 Å². The minimum atomic E-state index is -3.16. The lowest BCUT2D eigenvalue weighted by atomic mass is 10.1. The van der Waals surface area contributed by atoms with Crippen LogP contribution in [0.3, 0.4) is 0 Å². The zero-order valence-corrected chi connectivity index (χ0v) is 11.3. The zero-order chi connectivity index (χ0) is 12.8. The molecule has 0 heterocycles. The van der Waals surface area contributed by atoms with E-state index in [1.165, 1.54) is 7.11 Å². The Labute approximate surface area is 98.3 Å². The van der Waals surface area contributed by atoms with Crippen LogP contribution < -0.4 is 0 Å². The topological polar surface area (TPSA) is 60.4 Å². The fourth-order valence-electron chi connectivity index (χ4n) is 1.60. The Hall–Kier alpha value is -0.580. The maximum absolute atomic E-state index is 11.8. The number of sulfone groups is 1. The first-order valence-electron chi connectivity index (χ1n) is 5.64. The van der Waals surface area contributed by atoms with Gasteiger partial charge in [0, 0.05) is 0 Å². The summed E-state index contributed by atoms with van der Waals surface area (Å²) in [6.45, 7) is 5.54. The van der Waals surface area contributed by atoms with E-state index in [-0.39, 0.29) is 17.4 Å². The molecule has 0 aromatic heterocycles. The molecule has 16 heavy (non-hydrogen) atoms. The van der Waals surface area contributed by atoms with Crippen molar-refractivity contribution in [1.29, 1.82) is 0 Å². The molecule has 1 atom stereocenters. The molecule has 0 aliphatic heterocycles. The second-order valence-electron chi connectivity index (χ2n) is 4.18. The lowest BCUT2D eigenvalue weighted by Crippen LogP contribution is -2.26. The number of carbonyl (C=O) groups excluding carboxylic acids is 1. The largest absolute Gasteiger partial charge is 0.469 e. The van der Waals surface area contributed by atoms with Crippen LogP contribution in [0.25, 0.3) is 0 Å². The Bertz CT molecular complexity index is 304. The van der Waals surface area contributed by atoms with Gasteiger partial charge in [0.2, 0.25) is 0 Å². The van der Waals surface area contributed by atoms with Crippen molar-refractivity contribution in [2.24, 2.45) is 11.8 Å². The van der Waals surface area contributed by atoms with Crippen molar-refractivity contribution >= 4 is 15.8 Å². The van der Waals surface area contributed by atoms with Crippen molar-refractivity contribution < 1.29 is 17.9 Å². The van der Waals surface area contributed by atoms with Gasteiger partial charge < -0.3 is 4.74 Å². The van der Waals surface area contributed by atoms with E-state index in [4.69, 9.17) is 0 Å². The van der Waals surface area contributed by atoms with Gasteiger partial charge in [-0.15, -0.1) is 0 Å². The van der Waals surface area contributed by atoms with Crippen LogP contribution in [0.15, 0.2) is 0 Å². The summed E-state index contributed by atoms with van der Waals surface area (Å²) >= 11 is 0. The molecule has 0 N–H and O–H groups in total. The first-order chi connectivity index (χ1) is 7.36. The maximum atomic E-state index is 11.8. The minimum Gasteiger partial charge on any atom is -0.469 e. The van der Waals surface area contributed by atoms with Crippen LogP contribution in [0.2, 0.25) is 0 Å². The molecule has 0 amide bonds. The van der Waals surface area contributed by atoms with E-state index < -0.39 is 21.7 Å². The van der Waals surface area contributed by atoms with Gasteiger partial charge in [0.1, 0.15) is 0 Å². The highest BCUT2D eigenvalue weighted by Gasteiger charge is 2.24. The number of carbonyl (C=O) groups is 1. The normalized spacial score (nSPS) is 13.8. The van der Waals surface area contributed by atoms with Gasteiger partial charge in [0.25, 0.3) is 0 Å². The van der Waals surface area contributed by atoms with Crippen LogP contribution in [-0.2, 0) is 19.4 Å². The molecule has 5 heteroatoms. The number of hydrogen-bond acceptors (Lipinski definition) is 4. The zero-order valence-electron chi connectivity index (χ0n) is 10.5. The van der Waals surface area contributed by atoms with Crippen LogP contribution in [-0.4, -0.2) is 33.0 Å². The molecule has 96 valence electrons. The third-order valence-electron chi connectivity index (χ3n) is 2.75. The Morgan fingerprint density at radius 3 is 2.06 bits per heavy atom. The third kappa shape index (κ3) is 5.49. The second-order valence-corrected chi connectivity index (χ2v) is 6.34. The lowest BCUT2D eigenvalue weighted by Gasteiger charge is -2.14. The summed E-state index contributed by atoms with van der Waals surface area (Å²) in [5.41, 5.74) is 0. The number of methoxy groups -OCH3 is 1.